The highest BCUT2D eigenvalue weighted by molar-refractivity contribution is 5.59. The van der Waals surface area contributed by atoms with Gasteiger partial charge in [-0.2, -0.15) is 0 Å². The summed E-state index contributed by atoms with van der Waals surface area (Å²) in [6.07, 6.45) is 3.20. The fraction of sp³-hybridized carbons (Fsp3) is 0.538. The smallest absolute Gasteiger partial charge is 0.313 e. The summed E-state index contributed by atoms with van der Waals surface area (Å²) in [6, 6.07) is 2.27. The highest BCUT2D eigenvalue weighted by Crippen LogP contribution is 2.38. The molecular weight excluding hydrogens is 267 g/mol. The van der Waals surface area contributed by atoms with Gasteiger partial charge in [0.15, 0.2) is 11.6 Å². The molecule has 2 saturated heterocycles. The second-order valence-electron chi connectivity index (χ2n) is 5.12. The van der Waals surface area contributed by atoms with Crippen LogP contribution in [0.25, 0.3) is 0 Å². The number of ether oxygens (including phenoxy) is 2. The van der Waals surface area contributed by atoms with Crippen LogP contribution in [0.4, 0.5) is 15.8 Å². The quantitative estimate of drug-likeness (QED) is 0.678. The van der Waals surface area contributed by atoms with Crippen LogP contribution in [0.15, 0.2) is 12.1 Å². The van der Waals surface area contributed by atoms with Crippen molar-refractivity contribution in [1.29, 1.82) is 0 Å². The Hall–Kier alpha value is -1.89. The number of nitrogens with zero attached hydrogens (tertiary/aromatic N) is 1. The summed E-state index contributed by atoms with van der Waals surface area (Å²) in [7, 11) is 1.32. The second-order valence-corrected chi connectivity index (χ2v) is 5.12. The van der Waals surface area contributed by atoms with Crippen molar-refractivity contribution in [1.82, 2.24) is 0 Å². The third-order valence-electron chi connectivity index (χ3n) is 3.91. The van der Waals surface area contributed by atoms with E-state index in [1.165, 1.54) is 13.2 Å². The van der Waals surface area contributed by atoms with Crippen molar-refractivity contribution in [2.24, 2.45) is 0 Å². The van der Waals surface area contributed by atoms with Gasteiger partial charge < -0.3 is 14.8 Å². The maximum absolute atomic E-state index is 14.0. The van der Waals surface area contributed by atoms with E-state index in [0.717, 1.165) is 25.3 Å². The van der Waals surface area contributed by atoms with Gasteiger partial charge in [-0.15, -0.1) is 0 Å². The molecule has 2 fully saturated rings. The highest BCUT2D eigenvalue weighted by Gasteiger charge is 2.41. The van der Waals surface area contributed by atoms with Crippen LogP contribution < -0.4 is 10.1 Å². The third-order valence-corrected chi connectivity index (χ3v) is 3.91. The zero-order chi connectivity index (χ0) is 14.3. The topological polar surface area (TPSA) is 73.6 Å². The van der Waals surface area contributed by atoms with E-state index in [0.29, 0.717) is 0 Å². The summed E-state index contributed by atoms with van der Waals surface area (Å²) in [4.78, 5) is 10.2. The molecular formula is C13H15FN2O4. The molecule has 7 heteroatoms. The maximum Gasteiger partial charge on any atom is 0.313 e. The number of nitro groups is 1. The lowest BCUT2D eigenvalue weighted by Crippen LogP contribution is -2.30. The summed E-state index contributed by atoms with van der Waals surface area (Å²) in [5.41, 5.74) is -0.159. The van der Waals surface area contributed by atoms with Crippen LogP contribution in [0.2, 0.25) is 0 Å². The molecule has 2 bridgehead atoms. The predicted octanol–water partition coefficient (Wildman–Crippen LogP) is 2.47. The third kappa shape index (κ3) is 2.18. The van der Waals surface area contributed by atoms with E-state index in [4.69, 9.17) is 9.47 Å². The van der Waals surface area contributed by atoms with Crippen molar-refractivity contribution in [2.45, 2.75) is 37.5 Å². The summed E-state index contributed by atoms with van der Waals surface area (Å²) in [5.74, 6) is -0.608. The number of hydrogen-bond donors (Lipinski definition) is 1. The van der Waals surface area contributed by atoms with Gasteiger partial charge in [0, 0.05) is 6.07 Å². The summed E-state index contributed by atoms with van der Waals surface area (Å²) in [5, 5.41) is 13.9. The molecule has 20 heavy (non-hydrogen) atoms. The zero-order valence-electron chi connectivity index (χ0n) is 11.0. The van der Waals surface area contributed by atoms with E-state index in [-0.39, 0.29) is 35.4 Å². The molecule has 2 aliphatic rings. The molecule has 6 nitrogen and oxygen atoms in total. The average Bonchev–Trinajstić information content (AvgIpc) is 3.02. The Bertz CT molecular complexity index is 551. The fourth-order valence-electron chi connectivity index (χ4n) is 2.95. The van der Waals surface area contributed by atoms with Crippen LogP contribution >= 0.6 is 0 Å². The van der Waals surface area contributed by atoms with Gasteiger partial charge in [0.1, 0.15) is 0 Å². The molecule has 3 rings (SSSR count). The number of rotatable bonds is 4. The molecule has 0 radical (unpaired) electrons. The van der Waals surface area contributed by atoms with Crippen molar-refractivity contribution in [3.8, 4) is 5.75 Å². The van der Waals surface area contributed by atoms with Crippen LogP contribution in [0.5, 0.6) is 5.75 Å². The molecule has 0 aliphatic carbocycles. The maximum atomic E-state index is 14.0. The second kappa shape index (κ2) is 4.90. The monoisotopic (exact) mass is 282 g/mol. The average molecular weight is 282 g/mol. The normalized spacial score (nSPS) is 27.6. The van der Waals surface area contributed by atoms with Crippen LogP contribution in [-0.4, -0.2) is 30.3 Å². The first-order valence-corrected chi connectivity index (χ1v) is 6.52. The Balaban J connectivity index is 1.84. The first-order valence-electron chi connectivity index (χ1n) is 6.52. The van der Waals surface area contributed by atoms with E-state index in [2.05, 4.69) is 5.32 Å². The molecule has 3 unspecified atom stereocenters. The molecule has 1 aromatic carbocycles. The Morgan fingerprint density at radius 3 is 2.85 bits per heavy atom. The zero-order valence-corrected chi connectivity index (χ0v) is 11.0. The van der Waals surface area contributed by atoms with Gasteiger partial charge in [-0.3, -0.25) is 10.1 Å². The Morgan fingerprint density at radius 1 is 1.50 bits per heavy atom. The van der Waals surface area contributed by atoms with Crippen molar-refractivity contribution < 1.29 is 18.8 Å². The Morgan fingerprint density at radius 2 is 2.30 bits per heavy atom. The van der Waals surface area contributed by atoms with E-state index in [1.54, 1.807) is 0 Å². The minimum atomic E-state index is -0.660. The van der Waals surface area contributed by atoms with Crippen molar-refractivity contribution in [3.63, 3.8) is 0 Å². The Kier molecular flexibility index (Phi) is 3.21. The van der Waals surface area contributed by atoms with E-state index in [9.17, 15) is 14.5 Å². The number of nitro benzene ring substituents is 1. The number of fused-ring (bicyclic) bond motifs is 2. The first-order chi connectivity index (χ1) is 9.58. The number of halogens is 1. The van der Waals surface area contributed by atoms with Gasteiger partial charge in [-0.25, -0.2) is 4.39 Å². The van der Waals surface area contributed by atoms with Crippen LogP contribution in [0.1, 0.15) is 19.3 Å². The van der Waals surface area contributed by atoms with Gasteiger partial charge in [-0.05, 0) is 19.3 Å². The molecule has 0 amide bonds. The van der Waals surface area contributed by atoms with Gasteiger partial charge in [0.05, 0.1) is 42.0 Å². The van der Waals surface area contributed by atoms with E-state index in [1.807, 2.05) is 0 Å². The minimum Gasteiger partial charge on any atom is -0.490 e. The largest absolute Gasteiger partial charge is 0.490 e. The molecule has 1 N–H and O–H groups in total. The van der Waals surface area contributed by atoms with Gasteiger partial charge in [0.2, 0.25) is 0 Å². The minimum absolute atomic E-state index is 0.0444. The van der Waals surface area contributed by atoms with Crippen molar-refractivity contribution >= 4 is 11.4 Å². The number of methoxy groups -OCH3 is 1. The van der Waals surface area contributed by atoms with E-state index >= 15 is 0 Å². The molecule has 108 valence electrons. The molecule has 0 aromatic heterocycles. The molecule has 0 spiro atoms. The van der Waals surface area contributed by atoms with E-state index < -0.39 is 10.7 Å². The Labute approximate surface area is 115 Å². The number of anilines is 1. The first kappa shape index (κ1) is 13.1. The predicted molar refractivity (Wildman–Crippen MR) is 69.5 cm³/mol. The SMILES string of the molecule is COc1cc(NC2CC3CCC2O3)c(F)cc1[N+](=O)[O-]. The lowest BCUT2D eigenvalue weighted by atomic mass is 9.95. The lowest BCUT2D eigenvalue weighted by molar-refractivity contribution is -0.385. The summed E-state index contributed by atoms with van der Waals surface area (Å²) in [6.45, 7) is 0. The number of hydrogen-bond acceptors (Lipinski definition) is 5. The standard InChI is InChI=1S/C13H15FN2O4/c1-19-13-6-9(8(14)5-11(13)16(17)18)15-10-4-7-2-3-12(10)20-7/h5-7,10,12,15H,2-4H2,1H3. The molecule has 2 aliphatic heterocycles. The van der Waals surface area contributed by atoms with Gasteiger partial charge >= 0.3 is 5.69 Å². The molecule has 0 saturated carbocycles. The van der Waals surface area contributed by atoms with Crippen LogP contribution in [0, 0.1) is 15.9 Å². The summed E-state index contributed by atoms with van der Waals surface area (Å²) >= 11 is 0. The lowest BCUT2D eigenvalue weighted by Gasteiger charge is -2.21. The van der Waals surface area contributed by atoms with Crippen molar-refractivity contribution in [2.75, 3.05) is 12.4 Å². The highest BCUT2D eigenvalue weighted by atomic mass is 19.1. The van der Waals surface area contributed by atoms with Crippen LogP contribution in [-0.2, 0) is 4.74 Å². The molecule has 1 aromatic rings. The van der Waals surface area contributed by atoms with Gasteiger partial charge in [-0.1, -0.05) is 0 Å². The number of benzene rings is 1. The van der Waals surface area contributed by atoms with Crippen molar-refractivity contribution in [3.05, 3.63) is 28.1 Å². The van der Waals surface area contributed by atoms with Gasteiger partial charge in [0.25, 0.3) is 0 Å². The summed E-state index contributed by atoms with van der Waals surface area (Å²) < 4.78 is 24.6. The molecule has 3 atom stereocenters. The fourth-order valence-corrected chi connectivity index (χ4v) is 2.95. The van der Waals surface area contributed by atoms with Crippen LogP contribution in [0.3, 0.4) is 0 Å². The molecule has 2 heterocycles. The number of nitrogens with one attached hydrogen (secondary N) is 1.